The van der Waals surface area contributed by atoms with Gasteiger partial charge in [-0.25, -0.2) is 4.79 Å². The molecule has 0 amide bonds. The highest BCUT2D eigenvalue weighted by molar-refractivity contribution is 6.33. The Morgan fingerprint density at radius 2 is 2.13 bits per heavy atom. The van der Waals surface area contributed by atoms with E-state index in [4.69, 9.17) is 16.3 Å². The maximum Gasteiger partial charge on any atom is 0.339 e. The van der Waals surface area contributed by atoms with Crippen LogP contribution in [0.5, 0.6) is 0 Å². The average Bonchev–Trinajstić information content (AvgIpc) is 2.44. The van der Waals surface area contributed by atoms with Crippen LogP contribution in [0.25, 0.3) is 0 Å². The van der Waals surface area contributed by atoms with Crippen LogP contribution < -0.4 is 5.32 Å². The van der Waals surface area contributed by atoms with Gasteiger partial charge < -0.3 is 20.1 Å². The maximum atomic E-state index is 12.0. The number of likely N-dealkylation sites (N-methyl/N-ethyl adjacent to an activating group) is 1. The van der Waals surface area contributed by atoms with Gasteiger partial charge in [0.1, 0.15) is 12.7 Å². The Morgan fingerprint density at radius 3 is 2.70 bits per heavy atom. The van der Waals surface area contributed by atoms with Crippen LogP contribution in [0.2, 0.25) is 5.02 Å². The topological polar surface area (TPSA) is 61.8 Å². The second-order valence-corrected chi connectivity index (χ2v) is 5.90. The SMILES string of the molecule is CCCCNc1ccc(C(=O)OCC(O)CN(C)C)c(Cl)c1.Cl. The third kappa shape index (κ3) is 8.42. The number of rotatable bonds is 9. The summed E-state index contributed by atoms with van der Waals surface area (Å²) in [4.78, 5) is 13.8. The van der Waals surface area contributed by atoms with Gasteiger partial charge in [-0.1, -0.05) is 24.9 Å². The van der Waals surface area contributed by atoms with Crippen LogP contribution in [-0.4, -0.2) is 55.9 Å². The summed E-state index contributed by atoms with van der Waals surface area (Å²) in [6, 6.07) is 5.15. The van der Waals surface area contributed by atoms with Crippen molar-refractivity contribution in [2.75, 3.05) is 39.1 Å². The van der Waals surface area contributed by atoms with Gasteiger partial charge in [0.2, 0.25) is 0 Å². The van der Waals surface area contributed by atoms with Crippen LogP contribution in [0, 0.1) is 0 Å². The summed E-state index contributed by atoms with van der Waals surface area (Å²) in [6.07, 6.45) is 1.47. The molecule has 0 heterocycles. The number of unbranched alkanes of at least 4 members (excludes halogenated alkanes) is 1. The van der Waals surface area contributed by atoms with Crippen molar-refractivity contribution in [1.29, 1.82) is 0 Å². The first-order chi connectivity index (χ1) is 10.4. The zero-order chi connectivity index (χ0) is 16.5. The largest absolute Gasteiger partial charge is 0.459 e. The lowest BCUT2D eigenvalue weighted by molar-refractivity contribution is 0.0198. The van der Waals surface area contributed by atoms with Crippen LogP contribution >= 0.6 is 24.0 Å². The highest BCUT2D eigenvalue weighted by atomic mass is 35.5. The molecule has 5 nitrogen and oxygen atoms in total. The molecule has 2 N–H and O–H groups in total. The minimum atomic E-state index is -0.715. The number of halogens is 2. The van der Waals surface area contributed by atoms with Crippen LogP contribution in [0.4, 0.5) is 5.69 Å². The molecule has 0 radical (unpaired) electrons. The number of hydrogen-bond acceptors (Lipinski definition) is 5. The fourth-order valence-corrected chi connectivity index (χ4v) is 2.18. The first-order valence-electron chi connectivity index (χ1n) is 7.47. The molecule has 0 spiro atoms. The molecule has 0 aliphatic carbocycles. The van der Waals surface area contributed by atoms with E-state index in [9.17, 15) is 9.90 Å². The molecule has 0 aromatic heterocycles. The van der Waals surface area contributed by atoms with Gasteiger partial charge in [0, 0.05) is 18.8 Å². The first kappa shape index (κ1) is 22.0. The summed E-state index contributed by atoms with van der Waals surface area (Å²) in [6.45, 7) is 3.37. The van der Waals surface area contributed by atoms with Crippen LogP contribution in [-0.2, 0) is 4.74 Å². The zero-order valence-corrected chi connectivity index (χ0v) is 15.4. The molecular weight excluding hydrogens is 339 g/mol. The summed E-state index contributed by atoms with van der Waals surface area (Å²) in [5.41, 5.74) is 1.18. The zero-order valence-electron chi connectivity index (χ0n) is 13.8. The predicted molar refractivity (Wildman–Crippen MR) is 96.9 cm³/mol. The van der Waals surface area contributed by atoms with E-state index in [0.717, 1.165) is 25.1 Å². The van der Waals surface area contributed by atoms with Crippen molar-refractivity contribution in [2.24, 2.45) is 0 Å². The van der Waals surface area contributed by atoms with E-state index < -0.39 is 12.1 Å². The van der Waals surface area contributed by atoms with E-state index in [-0.39, 0.29) is 19.0 Å². The molecule has 0 fully saturated rings. The second-order valence-electron chi connectivity index (χ2n) is 5.49. The summed E-state index contributed by atoms with van der Waals surface area (Å²) in [5.74, 6) is -0.525. The smallest absolute Gasteiger partial charge is 0.339 e. The number of esters is 1. The van der Waals surface area contributed by atoms with E-state index in [0.29, 0.717) is 17.1 Å². The number of benzene rings is 1. The van der Waals surface area contributed by atoms with E-state index in [1.165, 1.54) is 0 Å². The molecule has 1 rings (SSSR count). The highest BCUT2D eigenvalue weighted by Crippen LogP contribution is 2.22. The van der Waals surface area contributed by atoms with Gasteiger partial charge >= 0.3 is 5.97 Å². The molecule has 0 aliphatic rings. The monoisotopic (exact) mass is 364 g/mol. The van der Waals surface area contributed by atoms with Crippen LogP contribution in [0.1, 0.15) is 30.1 Å². The Hall–Kier alpha value is -1.01. The number of aliphatic hydroxyl groups is 1. The number of hydrogen-bond donors (Lipinski definition) is 2. The summed E-state index contributed by atoms with van der Waals surface area (Å²) in [7, 11) is 3.68. The van der Waals surface area contributed by atoms with Gasteiger partial charge in [-0.3, -0.25) is 0 Å². The Morgan fingerprint density at radius 1 is 1.43 bits per heavy atom. The third-order valence-electron chi connectivity index (χ3n) is 3.03. The Kier molecular flexibility index (Phi) is 11.0. The third-order valence-corrected chi connectivity index (χ3v) is 3.34. The summed E-state index contributed by atoms with van der Waals surface area (Å²) < 4.78 is 5.09. The summed E-state index contributed by atoms with van der Waals surface area (Å²) in [5, 5.41) is 13.3. The molecule has 1 unspecified atom stereocenters. The Bertz CT molecular complexity index is 484. The molecule has 0 saturated heterocycles. The van der Waals surface area contributed by atoms with Gasteiger partial charge in [0.25, 0.3) is 0 Å². The van der Waals surface area contributed by atoms with Crippen molar-refractivity contribution < 1.29 is 14.6 Å². The molecule has 0 bridgehead atoms. The van der Waals surface area contributed by atoms with Gasteiger partial charge in [0.15, 0.2) is 0 Å². The number of carbonyl (C=O) groups is 1. The maximum absolute atomic E-state index is 12.0. The lowest BCUT2D eigenvalue weighted by atomic mass is 10.2. The lowest BCUT2D eigenvalue weighted by Crippen LogP contribution is -2.30. The quantitative estimate of drug-likeness (QED) is 0.520. The molecule has 23 heavy (non-hydrogen) atoms. The minimum Gasteiger partial charge on any atom is -0.459 e. The number of anilines is 1. The van der Waals surface area contributed by atoms with Gasteiger partial charge in [-0.15, -0.1) is 12.4 Å². The van der Waals surface area contributed by atoms with Crippen molar-refractivity contribution in [1.82, 2.24) is 4.90 Å². The van der Waals surface area contributed by atoms with Gasteiger partial charge in [-0.2, -0.15) is 0 Å². The van der Waals surface area contributed by atoms with E-state index >= 15 is 0 Å². The van der Waals surface area contributed by atoms with E-state index in [1.54, 1.807) is 18.2 Å². The number of nitrogens with zero attached hydrogens (tertiary/aromatic N) is 1. The van der Waals surface area contributed by atoms with Crippen molar-refractivity contribution in [3.8, 4) is 0 Å². The lowest BCUT2D eigenvalue weighted by Gasteiger charge is -2.16. The fraction of sp³-hybridized carbons (Fsp3) is 0.562. The van der Waals surface area contributed by atoms with Crippen molar-refractivity contribution in [3.63, 3.8) is 0 Å². The van der Waals surface area contributed by atoms with Crippen molar-refractivity contribution in [2.45, 2.75) is 25.9 Å². The first-order valence-corrected chi connectivity index (χ1v) is 7.85. The number of nitrogens with one attached hydrogen (secondary N) is 1. The highest BCUT2D eigenvalue weighted by Gasteiger charge is 2.15. The van der Waals surface area contributed by atoms with Crippen LogP contribution in [0.3, 0.4) is 0 Å². The standard InChI is InChI=1S/C16H25ClN2O3.ClH/c1-4-5-8-18-12-6-7-14(15(17)9-12)16(21)22-11-13(20)10-19(2)3;/h6-7,9,13,18,20H,4-5,8,10-11H2,1-3H3;1H. The summed E-state index contributed by atoms with van der Waals surface area (Å²) >= 11 is 6.13. The molecule has 1 aromatic carbocycles. The fourth-order valence-electron chi connectivity index (χ4n) is 1.92. The van der Waals surface area contributed by atoms with Crippen LogP contribution in [0.15, 0.2) is 18.2 Å². The second kappa shape index (κ2) is 11.5. The molecular formula is C16H26Cl2N2O3. The van der Waals surface area contributed by atoms with Gasteiger partial charge in [0.05, 0.1) is 10.6 Å². The molecule has 0 saturated carbocycles. The molecule has 0 aliphatic heterocycles. The normalized spacial score (nSPS) is 11.7. The Balaban J connectivity index is 0.00000484. The number of carbonyl (C=O) groups excluding carboxylic acids is 1. The van der Waals surface area contributed by atoms with E-state index in [1.807, 2.05) is 19.0 Å². The molecule has 132 valence electrons. The average molecular weight is 365 g/mol. The predicted octanol–water partition coefficient (Wildman–Crippen LogP) is 3.05. The van der Waals surface area contributed by atoms with Crippen molar-refractivity contribution >= 4 is 35.7 Å². The number of ether oxygens (including phenoxy) is 1. The molecule has 1 atom stereocenters. The van der Waals surface area contributed by atoms with Gasteiger partial charge in [-0.05, 0) is 38.7 Å². The minimum absolute atomic E-state index is 0. The van der Waals surface area contributed by atoms with E-state index in [2.05, 4.69) is 12.2 Å². The molecule has 1 aromatic rings. The van der Waals surface area contributed by atoms with Crippen molar-refractivity contribution in [3.05, 3.63) is 28.8 Å². The molecule has 7 heteroatoms. The number of aliphatic hydroxyl groups excluding tert-OH is 1. The Labute approximate surface area is 149 Å².